The van der Waals surface area contributed by atoms with Crippen LogP contribution in [0, 0.1) is 28.6 Å². The molecule has 196 valence electrons. The predicted octanol–water partition coefficient (Wildman–Crippen LogP) is 6.55. The molecule has 3 unspecified atom stereocenters. The number of aliphatic hydroxyl groups excluding tert-OH is 2. The Morgan fingerprint density at radius 2 is 1.65 bits per heavy atom. The Morgan fingerprint density at radius 3 is 2.35 bits per heavy atom. The highest BCUT2D eigenvalue weighted by atomic mass is 16.3. The van der Waals surface area contributed by atoms with Gasteiger partial charge in [-0.25, -0.2) is 0 Å². The van der Waals surface area contributed by atoms with Crippen molar-refractivity contribution in [2.45, 2.75) is 130 Å². The van der Waals surface area contributed by atoms with Crippen LogP contribution in [0.3, 0.4) is 0 Å². The lowest BCUT2D eigenvalue weighted by Gasteiger charge is -2.62. The van der Waals surface area contributed by atoms with E-state index in [1.807, 2.05) is 0 Å². The van der Waals surface area contributed by atoms with E-state index in [4.69, 9.17) is 5.11 Å². The van der Waals surface area contributed by atoms with Crippen molar-refractivity contribution in [3.63, 3.8) is 0 Å². The summed E-state index contributed by atoms with van der Waals surface area (Å²) in [6.45, 7) is 10.6. The van der Waals surface area contributed by atoms with E-state index in [0.717, 1.165) is 45.1 Å². The Kier molecular flexibility index (Phi) is 10.1. The summed E-state index contributed by atoms with van der Waals surface area (Å²) in [5, 5.41) is 22.7. The normalized spacial score (nSPS) is 32.8. The number of carbonyl (C=O) groups excluding carboxylic acids is 1. The average molecular weight is 476 g/mol. The van der Waals surface area contributed by atoms with E-state index < -0.39 is 0 Å². The summed E-state index contributed by atoms with van der Waals surface area (Å²) in [5.74, 6) is 2.16. The fourth-order valence-electron chi connectivity index (χ4n) is 8.11. The smallest absolute Gasteiger partial charge is 0.220 e. The molecule has 3 rings (SSSR count). The van der Waals surface area contributed by atoms with Crippen LogP contribution in [0.25, 0.3) is 0 Å². The van der Waals surface area contributed by atoms with Crippen LogP contribution in [0.1, 0.15) is 124 Å². The minimum atomic E-state index is -0.169. The van der Waals surface area contributed by atoms with Gasteiger partial charge in [0.15, 0.2) is 0 Å². The zero-order valence-corrected chi connectivity index (χ0v) is 22.6. The number of aliphatic hydroxyl groups is 2. The van der Waals surface area contributed by atoms with Gasteiger partial charge in [-0.1, -0.05) is 64.0 Å². The van der Waals surface area contributed by atoms with Gasteiger partial charge in [-0.05, 0) is 93.3 Å². The molecule has 0 saturated heterocycles. The van der Waals surface area contributed by atoms with Crippen LogP contribution in [0.15, 0.2) is 11.1 Å². The summed E-state index contributed by atoms with van der Waals surface area (Å²) in [4.78, 5) is 12.6. The molecule has 0 bridgehead atoms. The standard InChI is InChI=1S/C30H53NO3/c1-22-12-15-25-24(13-16-26-29(2,3)27(33)18-19-30(25,26)4)23(22)14-17-28(34)31-20-10-8-6-5-7-9-11-21-32/h24-27,32-33H,5-21H2,1-4H3,(H,31,34)/t24?,25-,26?,27?,30+/m0/s1. The van der Waals surface area contributed by atoms with Gasteiger partial charge < -0.3 is 15.5 Å². The molecule has 0 spiro atoms. The van der Waals surface area contributed by atoms with E-state index in [2.05, 4.69) is 33.0 Å². The molecule has 1 amide bonds. The van der Waals surface area contributed by atoms with Crippen LogP contribution in [0.5, 0.6) is 0 Å². The molecule has 0 radical (unpaired) electrons. The van der Waals surface area contributed by atoms with Crippen molar-refractivity contribution >= 4 is 5.91 Å². The van der Waals surface area contributed by atoms with Gasteiger partial charge in [0.1, 0.15) is 0 Å². The molecule has 5 atom stereocenters. The topological polar surface area (TPSA) is 69.6 Å². The third kappa shape index (κ3) is 6.27. The van der Waals surface area contributed by atoms with Crippen molar-refractivity contribution in [1.29, 1.82) is 0 Å². The molecule has 3 aliphatic rings. The summed E-state index contributed by atoms with van der Waals surface area (Å²) in [6.07, 6.45) is 16.4. The predicted molar refractivity (Wildman–Crippen MR) is 140 cm³/mol. The van der Waals surface area contributed by atoms with E-state index in [9.17, 15) is 9.90 Å². The van der Waals surface area contributed by atoms with Crippen molar-refractivity contribution in [1.82, 2.24) is 5.32 Å². The molecule has 4 heteroatoms. The fourth-order valence-corrected chi connectivity index (χ4v) is 8.11. The highest BCUT2D eigenvalue weighted by Crippen LogP contribution is 2.64. The lowest BCUT2D eigenvalue weighted by Crippen LogP contribution is -2.56. The van der Waals surface area contributed by atoms with E-state index in [1.54, 1.807) is 11.1 Å². The number of amides is 1. The molecule has 0 heterocycles. The zero-order chi connectivity index (χ0) is 24.8. The number of hydrogen-bond donors (Lipinski definition) is 3. The summed E-state index contributed by atoms with van der Waals surface area (Å²) >= 11 is 0. The maximum atomic E-state index is 12.6. The van der Waals surface area contributed by atoms with Gasteiger partial charge in [0.25, 0.3) is 0 Å². The third-order valence-corrected chi connectivity index (χ3v) is 10.2. The van der Waals surface area contributed by atoms with Crippen molar-refractivity contribution in [3.05, 3.63) is 11.1 Å². The van der Waals surface area contributed by atoms with Crippen LogP contribution in [-0.4, -0.2) is 35.4 Å². The van der Waals surface area contributed by atoms with Crippen LogP contribution in [0.4, 0.5) is 0 Å². The van der Waals surface area contributed by atoms with Gasteiger partial charge in [0.2, 0.25) is 5.91 Å². The number of unbranched alkanes of at least 4 members (excludes halogenated alkanes) is 6. The summed E-state index contributed by atoms with van der Waals surface area (Å²) < 4.78 is 0. The number of hydrogen-bond acceptors (Lipinski definition) is 3. The second kappa shape index (κ2) is 12.4. The second-order valence-corrected chi connectivity index (χ2v) is 12.6. The highest BCUT2D eigenvalue weighted by molar-refractivity contribution is 5.76. The van der Waals surface area contributed by atoms with E-state index in [1.165, 1.54) is 51.4 Å². The van der Waals surface area contributed by atoms with E-state index >= 15 is 0 Å². The minimum absolute atomic E-state index is 0.00759. The number of allylic oxidation sites excluding steroid dienone is 2. The number of nitrogens with one attached hydrogen (secondary N) is 1. The molecule has 2 saturated carbocycles. The molecular weight excluding hydrogens is 422 g/mol. The van der Waals surface area contributed by atoms with Gasteiger partial charge in [0.05, 0.1) is 6.10 Å². The largest absolute Gasteiger partial charge is 0.396 e. The van der Waals surface area contributed by atoms with Crippen LogP contribution in [0.2, 0.25) is 0 Å². The average Bonchev–Trinajstić information content (AvgIpc) is 2.80. The molecule has 2 fully saturated rings. The Morgan fingerprint density at radius 1 is 0.971 bits per heavy atom. The van der Waals surface area contributed by atoms with Gasteiger partial charge in [-0.15, -0.1) is 0 Å². The second-order valence-electron chi connectivity index (χ2n) is 12.6. The Hall–Kier alpha value is -0.870. The van der Waals surface area contributed by atoms with Crippen LogP contribution < -0.4 is 5.32 Å². The van der Waals surface area contributed by atoms with E-state index in [0.29, 0.717) is 36.2 Å². The van der Waals surface area contributed by atoms with Crippen molar-refractivity contribution in [2.24, 2.45) is 28.6 Å². The van der Waals surface area contributed by atoms with Gasteiger partial charge >= 0.3 is 0 Å². The third-order valence-electron chi connectivity index (χ3n) is 10.2. The Bertz CT molecular complexity index is 699. The summed E-state index contributed by atoms with van der Waals surface area (Å²) in [5.41, 5.74) is 3.47. The number of carbonyl (C=O) groups is 1. The fraction of sp³-hybridized carbons (Fsp3) is 0.900. The van der Waals surface area contributed by atoms with Gasteiger partial charge in [0, 0.05) is 19.6 Å². The molecule has 34 heavy (non-hydrogen) atoms. The van der Waals surface area contributed by atoms with Gasteiger partial charge in [-0.3, -0.25) is 4.79 Å². The van der Waals surface area contributed by atoms with Crippen LogP contribution >= 0.6 is 0 Å². The molecule has 0 aromatic rings. The molecule has 0 aliphatic heterocycles. The lowest BCUT2D eigenvalue weighted by atomic mass is 9.43. The Balaban J connectivity index is 1.45. The summed E-state index contributed by atoms with van der Waals surface area (Å²) in [6, 6.07) is 0. The molecule has 0 aromatic heterocycles. The first-order valence-corrected chi connectivity index (χ1v) is 14.5. The summed E-state index contributed by atoms with van der Waals surface area (Å²) in [7, 11) is 0. The first-order chi connectivity index (χ1) is 16.2. The molecule has 0 aromatic carbocycles. The molecule has 4 nitrogen and oxygen atoms in total. The maximum Gasteiger partial charge on any atom is 0.220 e. The maximum absolute atomic E-state index is 12.6. The number of rotatable bonds is 12. The van der Waals surface area contributed by atoms with E-state index in [-0.39, 0.29) is 17.4 Å². The monoisotopic (exact) mass is 475 g/mol. The zero-order valence-electron chi connectivity index (χ0n) is 22.6. The lowest BCUT2D eigenvalue weighted by molar-refractivity contribution is -0.149. The SMILES string of the molecule is CC1=C(CCC(=O)NCCCCCCCCCO)C2CCC3C(C)(C)C(O)CC[C@]3(C)[C@H]2CC1. The first-order valence-electron chi connectivity index (χ1n) is 14.5. The molecule has 3 aliphatic carbocycles. The minimum Gasteiger partial charge on any atom is -0.396 e. The molecule has 3 N–H and O–H groups in total. The van der Waals surface area contributed by atoms with Crippen molar-refractivity contribution < 1.29 is 15.0 Å². The number of fused-ring (bicyclic) bond motifs is 3. The highest BCUT2D eigenvalue weighted by Gasteiger charge is 2.58. The van der Waals surface area contributed by atoms with Crippen molar-refractivity contribution in [2.75, 3.05) is 13.2 Å². The quantitative estimate of drug-likeness (QED) is 0.221. The van der Waals surface area contributed by atoms with Gasteiger partial charge in [-0.2, -0.15) is 0 Å². The van der Waals surface area contributed by atoms with Crippen molar-refractivity contribution in [3.8, 4) is 0 Å². The first kappa shape index (κ1) is 27.7. The Labute approximate surface area is 209 Å². The van der Waals surface area contributed by atoms with Crippen LogP contribution in [-0.2, 0) is 4.79 Å². The molecular formula is C30H53NO3.